The summed E-state index contributed by atoms with van der Waals surface area (Å²) in [6.45, 7) is 6.32. The highest BCUT2D eigenvalue weighted by Crippen LogP contribution is 2.22. The predicted octanol–water partition coefficient (Wildman–Crippen LogP) is 2.43. The summed E-state index contributed by atoms with van der Waals surface area (Å²) < 4.78 is 6.00. The summed E-state index contributed by atoms with van der Waals surface area (Å²) in [5.74, 6) is 1.05. The maximum Gasteiger partial charge on any atom is 0.122 e. The Morgan fingerprint density at radius 3 is 2.93 bits per heavy atom. The summed E-state index contributed by atoms with van der Waals surface area (Å²) in [4.78, 5) is 0. The first-order chi connectivity index (χ1) is 7.25. The first-order valence-electron chi connectivity index (χ1n) is 5.70. The van der Waals surface area contributed by atoms with Crippen molar-refractivity contribution in [1.82, 2.24) is 5.32 Å². The van der Waals surface area contributed by atoms with Crippen LogP contribution in [0, 0.1) is 13.8 Å². The number of hydrogen-bond donors (Lipinski definition) is 1. The fourth-order valence-corrected chi connectivity index (χ4v) is 1.93. The maximum atomic E-state index is 6.00. The van der Waals surface area contributed by atoms with E-state index in [2.05, 4.69) is 37.4 Å². The molecule has 0 radical (unpaired) electrons. The predicted molar refractivity (Wildman–Crippen MR) is 62.4 cm³/mol. The lowest BCUT2D eigenvalue weighted by Gasteiger charge is -2.24. The van der Waals surface area contributed by atoms with E-state index in [-0.39, 0.29) is 0 Å². The molecule has 82 valence electrons. The van der Waals surface area contributed by atoms with Gasteiger partial charge in [0.05, 0.1) is 0 Å². The molecule has 2 rings (SSSR count). The number of nitrogens with one attached hydrogen (secondary N) is 1. The molecule has 0 spiro atoms. The molecule has 0 aromatic heterocycles. The first-order valence-corrected chi connectivity index (χ1v) is 5.70. The number of ether oxygens (including phenoxy) is 1. The smallest absolute Gasteiger partial charge is 0.122 e. The SMILES string of the molecule is Cc1ccc(C)c(OC2CCCNC2)c1. The van der Waals surface area contributed by atoms with Crippen LogP contribution in [0.15, 0.2) is 18.2 Å². The van der Waals surface area contributed by atoms with Gasteiger partial charge in [-0.25, -0.2) is 0 Å². The van der Waals surface area contributed by atoms with Gasteiger partial charge in [0.15, 0.2) is 0 Å². The second-order valence-electron chi connectivity index (χ2n) is 4.36. The van der Waals surface area contributed by atoms with Gasteiger partial charge in [0, 0.05) is 6.54 Å². The van der Waals surface area contributed by atoms with Crippen LogP contribution in [0.1, 0.15) is 24.0 Å². The molecule has 0 amide bonds. The van der Waals surface area contributed by atoms with Crippen LogP contribution >= 0.6 is 0 Å². The number of rotatable bonds is 2. The average molecular weight is 205 g/mol. The Kier molecular flexibility index (Phi) is 3.27. The quantitative estimate of drug-likeness (QED) is 0.800. The van der Waals surface area contributed by atoms with E-state index in [4.69, 9.17) is 4.74 Å². The standard InChI is InChI=1S/C13H19NO/c1-10-5-6-11(2)13(8-10)15-12-4-3-7-14-9-12/h5-6,8,12,14H,3-4,7,9H2,1-2H3. The number of hydrogen-bond acceptors (Lipinski definition) is 2. The van der Waals surface area contributed by atoms with Crippen LogP contribution in [0.5, 0.6) is 5.75 Å². The molecular formula is C13H19NO. The zero-order valence-corrected chi connectivity index (χ0v) is 9.55. The van der Waals surface area contributed by atoms with Gasteiger partial charge in [-0.1, -0.05) is 12.1 Å². The first kappa shape index (κ1) is 10.5. The zero-order chi connectivity index (χ0) is 10.7. The van der Waals surface area contributed by atoms with Gasteiger partial charge >= 0.3 is 0 Å². The van der Waals surface area contributed by atoms with Crippen LogP contribution in [0.2, 0.25) is 0 Å². The Morgan fingerprint density at radius 1 is 1.33 bits per heavy atom. The highest BCUT2D eigenvalue weighted by molar-refractivity contribution is 5.36. The second-order valence-corrected chi connectivity index (χ2v) is 4.36. The molecule has 1 saturated heterocycles. The van der Waals surface area contributed by atoms with E-state index in [1.807, 2.05) is 0 Å². The van der Waals surface area contributed by atoms with E-state index < -0.39 is 0 Å². The Labute approximate surface area is 91.6 Å². The van der Waals surface area contributed by atoms with E-state index in [0.29, 0.717) is 6.10 Å². The monoisotopic (exact) mass is 205 g/mol. The molecule has 2 heteroatoms. The van der Waals surface area contributed by atoms with E-state index in [0.717, 1.165) is 18.8 Å². The number of benzene rings is 1. The van der Waals surface area contributed by atoms with Crippen molar-refractivity contribution in [3.8, 4) is 5.75 Å². The van der Waals surface area contributed by atoms with Gasteiger partial charge in [0.2, 0.25) is 0 Å². The molecule has 1 unspecified atom stereocenters. The molecule has 1 N–H and O–H groups in total. The van der Waals surface area contributed by atoms with Crippen molar-refractivity contribution in [3.05, 3.63) is 29.3 Å². The third-order valence-electron chi connectivity index (χ3n) is 2.89. The minimum Gasteiger partial charge on any atom is -0.489 e. The molecule has 1 fully saturated rings. The molecule has 15 heavy (non-hydrogen) atoms. The van der Waals surface area contributed by atoms with Crippen LogP contribution in [-0.2, 0) is 0 Å². The minimum atomic E-state index is 0.347. The lowest BCUT2D eigenvalue weighted by Crippen LogP contribution is -2.37. The second kappa shape index (κ2) is 4.67. The van der Waals surface area contributed by atoms with Gasteiger partial charge in [-0.05, 0) is 50.4 Å². The summed E-state index contributed by atoms with van der Waals surface area (Å²) in [5, 5.41) is 3.36. The molecule has 1 aromatic rings. The number of piperidine rings is 1. The normalized spacial score (nSPS) is 21.3. The van der Waals surface area contributed by atoms with E-state index in [1.54, 1.807) is 0 Å². The van der Waals surface area contributed by atoms with Crippen molar-refractivity contribution >= 4 is 0 Å². The van der Waals surface area contributed by atoms with Crippen molar-refractivity contribution in [3.63, 3.8) is 0 Å². The van der Waals surface area contributed by atoms with Crippen LogP contribution in [0.3, 0.4) is 0 Å². The van der Waals surface area contributed by atoms with Crippen molar-refractivity contribution in [1.29, 1.82) is 0 Å². The van der Waals surface area contributed by atoms with E-state index >= 15 is 0 Å². The van der Waals surface area contributed by atoms with Gasteiger partial charge in [0.25, 0.3) is 0 Å². The summed E-state index contributed by atoms with van der Waals surface area (Å²) in [6, 6.07) is 6.38. The van der Waals surface area contributed by atoms with Crippen molar-refractivity contribution in [2.45, 2.75) is 32.8 Å². The lowest BCUT2D eigenvalue weighted by molar-refractivity contribution is 0.166. The van der Waals surface area contributed by atoms with Gasteiger partial charge in [-0.2, -0.15) is 0 Å². The largest absolute Gasteiger partial charge is 0.489 e. The zero-order valence-electron chi connectivity index (χ0n) is 9.55. The molecule has 1 aliphatic heterocycles. The van der Waals surface area contributed by atoms with Crippen LogP contribution in [-0.4, -0.2) is 19.2 Å². The maximum absolute atomic E-state index is 6.00. The van der Waals surface area contributed by atoms with Crippen molar-refractivity contribution in [2.24, 2.45) is 0 Å². The van der Waals surface area contributed by atoms with Crippen LogP contribution in [0.25, 0.3) is 0 Å². The van der Waals surface area contributed by atoms with Crippen LogP contribution in [0.4, 0.5) is 0 Å². The summed E-state index contributed by atoms with van der Waals surface area (Å²) in [6.07, 6.45) is 2.73. The van der Waals surface area contributed by atoms with E-state index in [1.165, 1.54) is 24.0 Å². The van der Waals surface area contributed by atoms with Crippen molar-refractivity contribution in [2.75, 3.05) is 13.1 Å². The highest BCUT2D eigenvalue weighted by atomic mass is 16.5. The van der Waals surface area contributed by atoms with Gasteiger partial charge < -0.3 is 10.1 Å². The highest BCUT2D eigenvalue weighted by Gasteiger charge is 2.15. The summed E-state index contributed by atoms with van der Waals surface area (Å²) in [7, 11) is 0. The fraction of sp³-hybridized carbons (Fsp3) is 0.538. The fourth-order valence-electron chi connectivity index (χ4n) is 1.93. The van der Waals surface area contributed by atoms with Crippen molar-refractivity contribution < 1.29 is 4.74 Å². The molecule has 1 atom stereocenters. The molecular weight excluding hydrogens is 186 g/mol. The Morgan fingerprint density at radius 2 is 2.20 bits per heavy atom. The minimum absolute atomic E-state index is 0.347. The Hall–Kier alpha value is -1.02. The van der Waals surface area contributed by atoms with Gasteiger partial charge in [-0.15, -0.1) is 0 Å². The molecule has 1 heterocycles. The Balaban J connectivity index is 2.05. The van der Waals surface area contributed by atoms with Gasteiger partial charge in [-0.3, -0.25) is 0 Å². The average Bonchev–Trinajstić information content (AvgIpc) is 2.25. The summed E-state index contributed by atoms with van der Waals surface area (Å²) in [5.41, 5.74) is 2.49. The van der Waals surface area contributed by atoms with Crippen LogP contribution < -0.4 is 10.1 Å². The summed E-state index contributed by atoms with van der Waals surface area (Å²) >= 11 is 0. The molecule has 2 nitrogen and oxygen atoms in total. The Bertz CT molecular complexity index is 329. The topological polar surface area (TPSA) is 21.3 Å². The number of aryl methyl sites for hydroxylation is 2. The van der Waals surface area contributed by atoms with E-state index in [9.17, 15) is 0 Å². The lowest BCUT2D eigenvalue weighted by atomic mass is 10.1. The molecule has 0 saturated carbocycles. The molecule has 0 bridgehead atoms. The molecule has 1 aliphatic rings. The third kappa shape index (κ3) is 2.72. The third-order valence-corrected chi connectivity index (χ3v) is 2.89. The molecule has 0 aliphatic carbocycles. The molecule has 1 aromatic carbocycles. The van der Waals surface area contributed by atoms with Gasteiger partial charge in [0.1, 0.15) is 11.9 Å².